The highest BCUT2D eigenvalue weighted by atomic mass is 16.3. The minimum atomic E-state index is -0.0220. The van der Waals surface area contributed by atoms with E-state index in [-0.39, 0.29) is 17.5 Å². The standard InChI is InChI=1S/C8H14O2/c1-4-7(9)5-8(10)6(2)3/h5-6,10H,4H2,1-3H3/b8-5-. The van der Waals surface area contributed by atoms with Gasteiger partial charge in [-0.05, 0) is 0 Å². The molecule has 0 aliphatic carbocycles. The molecule has 0 aromatic heterocycles. The first-order valence-electron chi connectivity index (χ1n) is 3.51. The topological polar surface area (TPSA) is 37.3 Å². The molecule has 0 rings (SSSR count). The highest BCUT2D eigenvalue weighted by Gasteiger charge is 2.01. The maximum Gasteiger partial charge on any atom is 0.158 e. The van der Waals surface area contributed by atoms with E-state index < -0.39 is 0 Å². The Hall–Kier alpha value is -0.790. The van der Waals surface area contributed by atoms with E-state index in [0.717, 1.165) is 0 Å². The fourth-order valence-corrected chi connectivity index (χ4v) is 0.434. The van der Waals surface area contributed by atoms with Crippen molar-refractivity contribution in [1.82, 2.24) is 0 Å². The van der Waals surface area contributed by atoms with Gasteiger partial charge in [-0.2, -0.15) is 0 Å². The van der Waals surface area contributed by atoms with Gasteiger partial charge >= 0.3 is 0 Å². The molecule has 0 radical (unpaired) electrons. The van der Waals surface area contributed by atoms with Crippen LogP contribution in [0.2, 0.25) is 0 Å². The molecule has 58 valence electrons. The second kappa shape index (κ2) is 4.09. The van der Waals surface area contributed by atoms with Crippen LogP contribution in [0.15, 0.2) is 11.8 Å². The van der Waals surface area contributed by atoms with E-state index in [1.54, 1.807) is 6.92 Å². The molecule has 1 N–H and O–H groups in total. The number of aliphatic hydroxyl groups excluding tert-OH is 1. The molecule has 0 saturated carbocycles. The highest BCUT2D eigenvalue weighted by molar-refractivity contribution is 5.89. The monoisotopic (exact) mass is 142 g/mol. The van der Waals surface area contributed by atoms with E-state index in [1.807, 2.05) is 13.8 Å². The summed E-state index contributed by atoms with van der Waals surface area (Å²) in [6.07, 6.45) is 1.75. The van der Waals surface area contributed by atoms with Crippen molar-refractivity contribution in [3.63, 3.8) is 0 Å². The normalized spacial score (nSPS) is 12.2. The van der Waals surface area contributed by atoms with Crippen molar-refractivity contribution in [1.29, 1.82) is 0 Å². The highest BCUT2D eigenvalue weighted by Crippen LogP contribution is 2.04. The predicted molar refractivity (Wildman–Crippen MR) is 40.8 cm³/mol. The number of carbonyl (C=O) groups excluding carboxylic acids is 1. The van der Waals surface area contributed by atoms with Crippen molar-refractivity contribution in [2.45, 2.75) is 27.2 Å². The Labute approximate surface area is 61.6 Å². The fraction of sp³-hybridized carbons (Fsp3) is 0.625. The summed E-state index contributed by atoms with van der Waals surface area (Å²) in [5.74, 6) is 0.202. The molecule has 0 aromatic carbocycles. The van der Waals surface area contributed by atoms with Crippen molar-refractivity contribution in [2.75, 3.05) is 0 Å². The number of aliphatic hydroxyl groups is 1. The first-order valence-corrected chi connectivity index (χ1v) is 3.51. The van der Waals surface area contributed by atoms with E-state index in [4.69, 9.17) is 5.11 Å². The van der Waals surface area contributed by atoms with Crippen LogP contribution in [0.4, 0.5) is 0 Å². The van der Waals surface area contributed by atoms with Crippen LogP contribution in [0, 0.1) is 5.92 Å². The summed E-state index contributed by atoms with van der Waals surface area (Å²) < 4.78 is 0. The van der Waals surface area contributed by atoms with Crippen molar-refractivity contribution >= 4 is 5.78 Å². The Morgan fingerprint density at radius 1 is 1.60 bits per heavy atom. The Balaban J connectivity index is 4.03. The molecule has 0 fully saturated rings. The van der Waals surface area contributed by atoms with Crippen molar-refractivity contribution in [3.05, 3.63) is 11.8 Å². The number of hydrogen-bond acceptors (Lipinski definition) is 2. The fourth-order valence-electron chi connectivity index (χ4n) is 0.434. The van der Waals surface area contributed by atoms with Gasteiger partial charge in [0.25, 0.3) is 0 Å². The van der Waals surface area contributed by atoms with E-state index >= 15 is 0 Å². The number of rotatable bonds is 3. The maximum absolute atomic E-state index is 10.7. The molecule has 0 amide bonds. The first-order chi connectivity index (χ1) is 4.57. The largest absolute Gasteiger partial charge is 0.512 e. The molecular formula is C8H14O2. The molecule has 0 aliphatic heterocycles. The molecule has 2 nitrogen and oxygen atoms in total. The number of allylic oxidation sites excluding steroid dienone is 2. The minimum absolute atomic E-state index is 0.0220. The van der Waals surface area contributed by atoms with Crippen LogP contribution in [-0.2, 0) is 4.79 Å². The van der Waals surface area contributed by atoms with E-state index in [2.05, 4.69) is 0 Å². The van der Waals surface area contributed by atoms with Gasteiger partial charge in [0, 0.05) is 18.4 Å². The van der Waals surface area contributed by atoms with Gasteiger partial charge in [-0.1, -0.05) is 20.8 Å². The summed E-state index contributed by atoms with van der Waals surface area (Å²) in [4.78, 5) is 10.7. The SMILES string of the molecule is CCC(=O)/C=C(\O)C(C)C. The summed E-state index contributed by atoms with van der Waals surface area (Å²) in [7, 11) is 0. The zero-order chi connectivity index (χ0) is 8.15. The molecule has 0 aromatic rings. The third kappa shape index (κ3) is 3.28. The zero-order valence-electron chi connectivity index (χ0n) is 6.72. The third-order valence-electron chi connectivity index (χ3n) is 1.25. The Kier molecular flexibility index (Phi) is 3.77. The van der Waals surface area contributed by atoms with Gasteiger partial charge in [0.15, 0.2) is 5.78 Å². The second-order valence-corrected chi connectivity index (χ2v) is 2.54. The smallest absolute Gasteiger partial charge is 0.158 e. The van der Waals surface area contributed by atoms with Crippen molar-refractivity contribution < 1.29 is 9.90 Å². The number of hydrogen-bond donors (Lipinski definition) is 1. The maximum atomic E-state index is 10.7. The summed E-state index contributed by atoms with van der Waals surface area (Å²) >= 11 is 0. The van der Waals surface area contributed by atoms with E-state index in [0.29, 0.717) is 6.42 Å². The molecule has 0 saturated heterocycles. The lowest BCUT2D eigenvalue weighted by Crippen LogP contribution is -1.97. The van der Waals surface area contributed by atoms with E-state index in [9.17, 15) is 4.79 Å². The van der Waals surface area contributed by atoms with Crippen LogP contribution < -0.4 is 0 Å². The summed E-state index contributed by atoms with van der Waals surface area (Å²) in [5, 5.41) is 9.07. The van der Waals surface area contributed by atoms with Gasteiger partial charge in [0.05, 0.1) is 5.76 Å². The molecule has 0 bridgehead atoms. The first kappa shape index (κ1) is 9.21. The molecule has 10 heavy (non-hydrogen) atoms. The van der Waals surface area contributed by atoms with Crippen molar-refractivity contribution in [3.8, 4) is 0 Å². The molecule has 0 spiro atoms. The average molecular weight is 142 g/mol. The molecule has 0 unspecified atom stereocenters. The van der Waals surface area contributed by atoms with Gasteiger partial charge in [0.2, 0.25) is 0 Å². The van der Waals surface area contributed by atoms with Crippen LogP contribution >= 0.6 is 0 Å². The lowest BCUT2D eigenvalue weighted by atomic mass is 10.1. The van der Waals surface area contributed by atoms with Crippen LogP contribution in [0.5, 0.6) is 0 Å². The Morgan fingerprint density at radius 2 is 2.10 bits per heavy atom. The third-order valence-corrected chi connectivity index (χ3v) is 1.25. The van der Waals surface area contributed by atoms with Gasteiger partial charge in [0.1, 0.15) is 0 Å². The van der Waals surface area contributed by atoms with Crippen molar-refractivity contribution in [2.24, 2.45) is 5.92 Å². The average Bonchev–Trinajstić information content (AvgIpc) is 1.87. The number of ketones is 1. The van der Waals surface area contributed by atoms with Crippen LogP contribution in [0.1, 0.15) is 27.2 Å². The van der Waals surface area contributed by atoms with Gasteiger partial charge in [-0.25, -0.2) is 0 Å². The van der Waals surface area contributed by atoms with Gasteiger partial charge in [-0.15, -0.1) is 0 Å². The molecule has 0 atom stereocenters. The van der Waals surface area contributed by atoms with Gasteiger partial charge < -0.3 is 5.11 Å². The van der Waals surface area contributed by atoms with E-state index in [1.165, 1.54) is 6.08 Å². The molecule has 2 heteroatoms. The molecule has 0 aliphatic rings. The lowest BCUT2D eigenvalue weighted by Gasteiger charge is -2.00. The molecule has 0 heterocycles. The Morgan fingerprint density at radius 3 is 2.40 bits per heavy atom. The second-order valence-electron chi connectivity index (χ2n) is 2.54. The Bertz CT molecular complexity index is 145. The zero-order valence-corrected chi connectivity index (χ0v) is 6.72. The van der Waals surface area contributed by atoms with Crippen LogP contribution in [0.3, 0.4) is 0 Å². The predicted octanol–water partition coefficient (Wildman–Crippen LogP) is 2.06. The summed E-state index contributed by atoms with van der Waals surface area (Å²) in [6, 6.07) is 0. The quantitative estimate of drug-likeness (QED) is 0.483. The summed E-state index contributed by atoms with van der Waals surface area (Å²) in [5.41, 5.74) is 0. The summed E-state index contributed by atoms with van der Waals surface area (Å²) in [6.45, 7) is 5.45. The molecular weight excluding hydrogens is 128 g/mol. The minimum Gasteiger partial charge on any atom is -0.512 e. The van der Waals surface area contributed by atoms with Crippen LogP contribution in [-0.4, -0.2) is 10.9 Å². The number of carbonyl (C=O) groups is 1. The lowest BCUT2D eigenvalue weighted by molar-refractivity contribution is -0.114. The van der Waals surface area contributed by atoms with Gasteiger partial charge in [-0.3, -0.25) is 4.79 Å². The van der Waals surface area contributed by atoms with Crippen LogP contribution in [0.25, 0.3) is 0 Å².